The van der Waals surface area contributed by atoms with Gasteiger partial charge in [0.15, 0.2) is 0 Å². The lowest BCUT2D eigenvalue weighted by molar-refractivity contribution is 0.0980. The third-order valence-corrected chi connectivity index (χ3v) is 4.60. The van der Waals surface area contributed by atoms with Gasteiger partial charge < -0.3 is 0 Å². The number of hydrogen-bond acceptors (Lipinski definition) is 4. The van der Waals surface area contributed by atoms with Crippen molar-refractivity contribution < 1.29 is 17.6 Å². The van der Waals surface area contributed by atoms with Crippen LogP contribution in [0.15, 0.2) is 23.1 Å². The molecule has 6 nitrogen and oxygen atoms in total. The number of nitrogens with one attached hydrogen (secondary N) is 1. The molecule has 0 aliphatic rings. The molecule has 1 amide bonds. The summed E-state index contributed by atoms with van der Waals surface area (Å²) < 4.78 is 41.2. The summed E-state index contributed by atoms with van der Waals surface area (Å²) in [5.41, 5.74) is 1.60. The van der Waals surface area contributed by atoms with Crippen molar-refractivity contribution in [2.45, 2.75) is 25.7 Å². The second kappa shape index (κ2) is 5.53. The highest BCUT2D eigenvalue weighted by Crippen LogP contribution is 2.16. The molecule has 1 N–H and O–H groups in total. The van der Waals surface area contributed by atoms with Crippen molar-refractivity contribution in [2.24, 2.45) is 7.05 Å². The fourth-order valence-electron chi connectivity index (χ4n) is 2.19. The van der Waals surface area contributed by atoms with Crippen LogP contribution < -0.4 is 4.72 Å². The van der Waals surface area contributed by atoms with E-state index in [-0.39, 0.29) is 10.5 Å². The predicted molar refractivity (Wildman–Crippen MR) is 78.5 cm³/mol. The lowest BCUT2D eigenvalue weighted by Gasteiger charge is -2.08. The van der Waals surface area contributed by atoms with Gasteiger partial charge in [-0.05, 0) is 44.5 Å². The van der Waals surface area contributed by atoms with E-state index in [9.17, 15) is 17.6 Å². The summed E-state index contributed by atoms with van der Waals surface area (Å²) in [6.45, 7) is 4.84. The van der Waals surface area contributed by atoms with E-state index in [1.807, 2.05) is 4.72 Å². The van der Waals surface area contributed by atoms with Crippen LogP contribution in [0.4, 0.5) is 4.39 Å². The van der Waals surface area contributed by atoms with Crippen molar-refractivity contribution in [2.75, 3.05) is 0 Å². The van der Waals surface area contributed by atoms with E-state index in [0.29, 0.717) is 17.0 Å². The van der Waals surface area contributed by atoms with Crippen LogP contribution in [0, 0.1) is 26.6 Å². The Morgan fingerprint density at radius 1 is 1.23 bits per heavy atom. The highest BCUT2D eigenvalue weighted by Gasteiger charge is 2.24. The second-order valence-corrected chi connectivity index (χ2v) is 6.75. The first-order valence-corrected chi connectivity index (χ1v) is 7.94. The molecule has 0 unspecified atom stereocenters. The number of carbonyl (C=O) groups excluding carboxylic acids is 1. The molecule has 8 heteroatoms. The normalized spacial score (nSPS) is 11.5. The lowest BCUT2D eigenvalue weighted by atomic mass is 10.2. The SMILES string of the molecule is Cc1cc(F)cc(S(=O)(=O)NC(=O)c2c(C)nn(C)c2C)c1. The molecular weight excluding hydrogens is 309 g/mol. The summed E-state index contributed by atoms with van der Waals surface area (Å²) in [7, 11) is -2.50. The molecule has 0 radical (unpaired) electrons. The maximum atomic E-state index is 13.4. The van der Waals surface area contributed by atoms with Gasteiger partial charge >= 0.3 is 0 Å². The molecule has 0 fully saturated rings. The van der Waals surface area contributed by atoms with Gasteiger partial charge in [0.25, 0.3) is 15.9 Å². The monoisotopic (exact) mass is 325 g/mol. The zero-order chi connectivity index (χ0) is 16.7. The van der Waals surface area contributed by atoms with E-state index >= 15 is 0 Å². The first-order valence-electron chi connectivity index (χ1n) is 6.46. The maximum Gasteiger partial charge on any atom is 0.268 e. The molecule has 22 heavy (non-hydrogen) atoms. The van der Waals surface area contributed by atoms with Crippen LogP contribution >= 0.6 is 0 Å². The first-order chi connectivity index (χ1) is 10.1. The Hall–Kier alpha value is -2.22. The van der Waals surface area contributed by atoms with Gasteiger partial charge in [-0.25, -0.2) is 17.5 Å². The third kappa shape index (κ3) is 3.01. The molecule has 118 valence electrons. The van der Waals surface area contributed by atoms with Gasteiger partial charge in [0.2, 0.25) is 0 Å². The fraction of sp³-hybridized carbons (Fsp3) is 0.286. The minimum atomic E-state index is -4.15. The predicted octanol–water partition coefficient (Wildman–Crippen LogP) is 1.60. The Kier molecular flexibility index (Phi) is 4.06. The smallest absolute Gasteiger partial charge is 0.268 e. The molecule has 0 saturated heterocycles. The molecular formula is C14H16FN3O3S. The van der Waals surface area contributed by atoms with Crippen molar-refractivity contribution in [3.63, 3.8) is 0 Å². The molecule has 1 heterocycles. The van der Waals surface area contributed by atoms with Crippen molar-refractivity contribution >= 4 is 15.9 Å². The average molecular weight is 325 g/mol. The number of benzene rings is 1. The summed E-state index contributed by atoms with van der Waals surface area (Å²) in [6, 6.07) is 3.36. The zero-order valence-corrected chi connectivity index (χ0v) is 13.5. The van der Waals surface area contributed by atoms with Gasteiger partial charge in [-0.2, -0.15) is 5.10 Å². The number of amides is 1. The number of aromatic nitrogens is 2. The van der Waals surface area contributed by atoms with Crippen LogP contribution in [0.25, 0.3) is 0 Å². The van der Waals surface area contributed by atoms with E-state index in [1.54, 1.807) is 27.8 Å². The van der Waals surface area contributed by atoms with Gasteiger partial charge in [-0.1, -0.05) is 0 Å². The third-order valence-electron chi connectivity index (χ3n) is 3.29. The molecule has 0 bridgehead atoms. The fourth-order valence-corrected chi connectivity index (χ4v) is 3.26. The summed E-state index contributed by atoms with van der Waals surface area (Å²) in [5, 5.41) is 4.06. The van der Waals surface area contributed by atoms with E-state index in [2.05, 4.69) is 5.10 Å². The van der Waals surface area contributed by atoms with Crippen molar-refractivity contribution in [3.8, 4) is 0 Å². The Labute approximate surface area is 128 Å². The van der Waals surface area contributed by atoms with Crippen molar-refractivity contribution in [1.29, 1.82) is 0 Å². The molecule has 0 aliphatic carbocycles. The van der Waals surface area contributed by atoms with Crippen LogP contribution in [0.1, 0.15) is 27.3 Å². The number of rotatable bonds is 3. The number of aryl methyl sites for hydroxylation is 3. The second-order valence-electron chi connectivity index (χ2n) is 5.07. The molecule has 0 atom stereocenters. The molecule has 1 aromatic carbocycles. The van der Waals surface area contributed by atoms with Gasteiger partial charge in [-0.15, -0.1) is 0 Å². The Morgan fingerprint density at radius 2 is 1.86 bits per heavy atom. The van der Waals surface area contributed by atoms with E-state index in [4.69, 9.17) is 0 Å². The quantitative estimate of drug-likeness (QED) is 0.929. The number of sulfonamides is 1. The Bertz CT molecular complexity index is 836. The number of nitrogens with zero attached hydrogens (tertiary/aromatic N) is 2. The molecule has 1 aromatic heterocycles. The topological polar surface area (TPSA) is 81.1 Å². The Balaban J connectivity index is 2.38. The zero-order valence-electron chi connectivity index (χ0n) is 12.6. The summed E-state index contributed by atoms with van der Waals surface area (Å²) in [4.78, 5) is 11.9. The van der Waals surface area contributed by atoms with Crippen LogP contribution in [0.3, 0.4) is 0 Å². The van der Waals surface area contributed by atoms with Crippen molar-refractivity contribution in [3.05, 3.63) is 46.5 Å². The minimum absolute atomic E-state index is 0.194. The highest BCUT2D eigenvalue weighted by atomic mass is 32.2. The average Bonchev–Trinajstić information content (AvgIpc) is 2.61. The van der Waals surface area contributed by atoms with Crippen LogP contribution in [0.2, 0.25) is 0 Å². The van der Waals surface area contributed by atoms with E-state index in [0.717, 1.165) is 6.07 Å². The number of hydrogen-bond donors (Lipinski definition) is 1. The van der Waals surface area contributed by atoms with Crippen LogP contribution in [-0.4, -0.2) is 24.1 Å². The number of carbonyl (C=O) groups is 1. The van der Waals surface area contributed by atoms with Gasteiger partial charge in [0.05, 0.1) is 16.2 Å². The molecule has 0 saturated carbocycles. The number of halogens is 1. The largest absolute Gasteiger partial charge is 0.272 e. The first kappa shape index (κ1) is 16.2. The molecule has 0 aliphatic heterocycles. The minimum Gasteiger partial charge on any atom is -0.272 e. The standard InChI is InChI=1S/C14H16FN3O3S/c1-8-5-11(15)7-12(6-8)22(20,21)17-14(19)13-9(2)16-18(4)10(13)3/h5-7H,1-4H3,(H,17,19). The van der Waals surface area contributed by atoms with Crippen LogP contribution in [-0.2, 0) is 17.1 Å². The summed E-state index contributed by atoms with van der Waals surface area (Å²) in [5.74, 6) is -1.47. The van der Waals surface area contributed by atoms with E-state index in [1.165, 1.54) is 16.8 Å². The maximum absolute atomic E-state index is 13.4. The molecule has 2 rings (SSSR count). The summed E-state index contributed by atoms with van der Waals surface area (Å²) in [6.07, 6.45) is 0. The van der Waals surface area contributed by atoms with E-state index < -0.39 is 21.7 Å². The van der Waals surface area contributed by atoms with Gasteiger partial charge in [0, 0.05) is 12.7 Å². The van der Waals surface area contributed by atoms with Crippen molar-refractivity contribution in [1.82, 2.24) is 14.5 Å². The highest BCUT2D eigenvalue weighted by molar-refractivity contribution is 7.90. The Morgan fingerprint density at radius 3 is 2.36 bits per heavy atom. The van der Waals surface area contributed by atoms with Gasteiger partial charge in [-0.3, -0.25) is 9.48 Å². The summed E-state index contributed by atoms with van der Waals surface area (Å²) >= 11 is 0. The van der Waals surface area contributed by atoms with Crippen LogP contribution in [0.5, 0.6) is 0 Å². The van der Waals surface area contributed by atoms with Gasteiger partial charge in [0.1, 0.15) is 5.82 Å². The lowest BCUT2D eigenvalue weighted by Crippen LogP contribution is -2.31. The molecule has 2 aromatic rings. The molecule has 0 spiro atoms.